The number of rotatable bonds is 7. The van der Waals surface area contributed by atoms with Crippen LogP contribution in [0.3, 0.4) is 0 Å². The molecular formula is C26H23N3O5. The third kappa shape index (κ3) is 4.61. The van der Waals surface area contributed by atoms with Gasteiger partial charge in [-0.3, -0.25) is 4.79 Å². The van der Waals surface area contributed by atoms with Crippen LogP contribution in [0.15, 0.2) is 79.0 Å². The number of esters is 1. The van der Waals surface area contributed by atoms with Crippen LogP contribution in [0.5, 0.6) is 11.5 Å². The van der Waals surface area contributed by atoms with E-state index in [-0.39, 0.29) is 5.91 Å². The minimum Gasteiger partial charge on any atom is -0.493 e. The fourth-order valence-electron chi connectivity index (χ4n) is 3.46. The van der Waals surface area contributed by atoms with Crippen LogP contribution >= 0.6 is 0 Å². The zero-order chi connectivity index (χ0) is 24.1. The lowest BCUT2D eigenvalue weighted by atomic mass is 10.1. The van der Waals surface area contributed by atoms with Crippen LogP contribution in [0.1, 0.15) is 20.7 Å². The summed E-state index contributed by atoms with van der Waals surface area (Å²) in [4.78, 5) is 25.0. The molecule has 8 heteroatoms. The highest BCUT2D eigenvalue weighted by Gasteiger charge is 2.20. The Morgan fingerprint density at radius 3 is 2.21 bits per heavy atom. The molecule has 0 saturated carbocycles. The summed E-state index contributed by atoms with van der Waals surface area (Å²) < 4.78 is 17.1. The van der Waals surface area contributed by atoms with E-state index < -0.39 is 5.97 Å². The summed E-state index contributed by atoms with van der Waals surface area (Å²) in [7, 11) is 4.43. The summed E-state index contributed by atoms with van der Waals surface area (Å²) in [6.45, 7) is 0. The van der Waals surface area contributed by atoms with Gasteiger partial charge in [-0.25, -0.2) is 9.48 Å². The van der Waals surface area contributed by atoms with E-state index >= 15 is 0 Å². The number of amides is 1. The van der Waals surface area contributed by atoms with Crippen LogP contribution in [0.25, 0.3) is 16.9 Å². The average molecular weight is 457 g/mol. The molecule has 34 heavy (non-hydrogen) atoms. The van der Waals surface area contributed by atoms with Gasteiger partial charge in [-0.15, -0.1) is 0 Å². The van der Waals surface area contributed by atoms with E-state index in [1.165, 1.54) is 7.11 Å². The Morgan fingerprint density at radius 1 is 0.853 bits per heavy atom. The van der Waals surface area contributed by atoms with Gasteiger partial charge >= 0.3 is 5.97 Å². The van der Waals surface area contributed by atoms with E-state index in [4.69, 9.17) is 19.3 Å². The Hall–Kier alpha value is -4.59. The molecule has 172 valence electrons. The summed E-state index contributed by atoms with van der Waals surface area (Å²) in [6, 6.07) is 21.3. The largest absolute Gasteiger partial charge is 0.493 e. The molecule has 1 N–H and O–H groups in total. The molecule has 0 unspecified atom stereocenters. The summed E-state index contributed by atoms with van der Waals surface area (Å²) in [5.41, 5.74) is 3.28. The number of carbonyl (C=O) groups is 2. The number of nitrogens with zero attached hydrogens (tertiary/aromatic N) is 2. The van der Waals surface area contributed by atoms with Crippen LogP contribution in [-0.4, -0.2) is 43.0 Å². The Balaban J connectivity index is 1.72. The van der Waals surface area contributed by atoms with Gasteiger partial charge in [0.2, 0.25) is 0 Å². The van der Waals surface area contributed by atoms with Gasteiger partial charge in [0.25, 0.3) is 5.91 Å². The monoisotopic (exact) mass is 457 g/mol. The maximum atomic E-state index is 13.3. The van der Waals surface area contributed by atoms with Crippen molar-refractivity contribution in [2.45, 2.75) is 0 Å². The van der Waals surface area contributed by atoms with Crippen LogP contribution < -0.4 is 14.8 Å². The number of benzene rings is 3. The molecule has 3 aromatic carbocycles. The van der Waals surface area contributed by atoms with Crippen LogP contribution in [-0.2, 0) is 4.74 Å². The van der Waals surface area contributed by atoms with Gasteiger partial charge in [0.05, 0.1) is 38.1 Å². The van der Waals surface area contributed by atoms with Crippen molar-refractivity contribution in [1.82, 2.24) is 9.78 Å². The first-order valence-electron chi connectivity index (χ1n) is 10.4. The Morgan fingerprint density at radius 2 is 1.56 bits per heavy atom. The van der Waals surface area contributed by atoms with Gasteiger partial charge in [0, 0.05) is 17.4 Å². The number of nitrogens with one attached hydrogen (secondary N) is 1. The molecule has 0 radical (unpaired) electrons. The molecule has 1 aromatic heterocycles. The maximum absolute atomic E-state index is 13.3. The Labute approximate surface area is 196 Å². The van der Waals surface area contributed by atoms with Crippen molar-refractivity contribution in [1.29, 1.82) is 0 Å². The van der Waals surface area contributed by atoms with E-state index in [0.717, 1.165) is 5.69 Å². The topological polar surface area (TPSA) is 91.7 Å². The third-order valence-corrected chi connectivity index (χ3v) is 5.20. The predicted octanol–water partition coefficient (Wildman–Crippen LogP) is 4.60. The molecule has 0 aliphatic carbocycles. The molecule has 0 aliphatic heterocycles. The molecule has 1 amide bonds. The zero-order valence-corrected chi connectivity index (χ0v) is 18.9. The summed E-state index contributed by atoms with van der Waals surface area (Å²) in [5.74, 6) is 0.306. The molecule has 4 aromatic rings. The highest BCUT2D eigenvalue weighted by atomic mass is 16.5. The number of carbonyl (C=O) groups excluding carboxylic acids is 2. The molecular weight excluding hydrogens is 434 g/mol. The van der Waals surface area contributed by atoms with Crippen molar-refractivity contribution in [3.05, 3.63) is 90.1 Å². The van der Waals surface area contributed by atoms with Crippen LogP contribution in [0, 0.1) is 0 Å². The average Bonchev–Trinajstić information content (AvgIpc) is 3.34. The Kier molecular flexibility index (Phi) is 6.59. The number of anilines is 1. The van der Waals surface area contributed by atoms with Crippen molar-refractivity contribution in [3.63, 3.8) is 0 Å². The molecule has 0 saturated heterocycles. The maximum Gasteiger partial charge on any atom is 0.337 e. The molecule has 4 rings (SSSR count). The minimum atomic E-state index is -0.447. The number of methoxy groups -OCH3 is 3. The first-order chi connectivity index (χ1) is 16.5. The van der Waals surface area contributed by atoms with Crippen molar-refractivity contribution in [2.24, 2.45) is 0 Å². The van der Waals surface area contributed by atoms with E-state index in [1.54, 1.807) is 61.5 Å². The number of hydrogen-bond donors (Lipinski definition) is 1. The number of hydrogen-bond acceptors (Lipinski definition) is 6. The number of para-hydroxylation sites is 1. The zero-order valence-electron chi connectivity index (χ0n) is 18.9. The van der Waals surface area contributed by atoms with E-state index in [2.05, 4.69) is 5.32 Å². The molecule has 0 aliphatic rings. The minimum absolute atomic E-state index is 0.349. The molecule has 0 atom stereocenters. The summed E-state index contributed by atoms with van der Waals surface area (Å²) in [6.07, 6.45) is 1.68. The van der Waals surface area contributed by atoms with Gasteiger partial charge < -0.3 is 19.5 Å². The van der Waals surface area contributed by atoms with Crippen LogP contribution in [0.2, 0.25) is 0 Å². The van der Waals surface area contributed by atoms with E-state index in [0.29, 0.717) is 39.6 Å². The first kappa shape index (κ1) is 22.6. The highest BCUT2D eigenvalue weighted by Crippen LogP contribution is 2.33. The molecule has 8 nitrogen and oxygen atoms in total. The molecule has 0 fully saturated rings. The highest BCUT2D eigenvalue weighted by molar-refractivity contribution is 6.08. The normalized spacial score (nSPS) is 10.4. The van der Waals surface area contributed by atoms with Gasteiger partial charge in [0.1, 0.15) is 5.69 Å². The standard InChI is InChI=1S/C26H23N3O5/c1-32-22-14-11-18(15-23(22)33-2)24-21(16-29(28-24)20-7-5-4-6-8-20)25(30)27-19-12-9-17(10-13-19)26(31)34-3/h4-16H,1-3H3,(H,27,30). The van der Waals surface area contributed by atoms with Crippen molar-refractivity contribution in [3.8, 4) is 28.4 Å². The van der Waals surface area contributed by atoms with E-state index in [1.807, 2.05) is 36.4 Å². The fraction of sp³-hybridized carbons (Fsp3) is 0.115. The molecule has 1 heterocycles. The molecule has 0 bridgehead atoms. The van der Waals surface area contributed by atoms with Crippen molar-refractivity contribution in [2.75, 3.05) is 26.6 Å². The third-order valence-electron chi connectivity index (χ3n) is 5.20. The second-order valence-electron chi connectivity index (χ2n) is 7.26. The quantitative estimate of drug-likeness (QED) is 0.408. The smallest absolute Gasteiger partial charge is 0.337 e. The second kappa shape index (κ2) is 9.91. The van der Waals surface area contributed by atoms with E-state index in [9.17, 15) is 9.59 Å². The van der Waals surface area contributed by atoms with Crippen molar-refractivity contribution < 1.29 is 23.8 Å². The van der Waals surface area contributed by atoms with Gasteiger partial charge in [-0.1, -0.05) is 18.2 Å². The lowest BCUT2D eigenvalue weighted by Gasteiger charge is -2.10. The molecule has 0 spiro atoms. The second-order valence-corrected chi connectivity index (χ2v) is 7.26. The van der Waals surface area contributed by atoms with Gasteiger partial charge in [-0.05, 0) is 54.6 Å². The number of ether oxygens (including phenoxy) is 3. The Bertz CT molecular complexity index is 1310. The van der Waals surface area contributed by atoms with Gasteiger partial charge in [0.15, 0.2) is 11.5 Å². The first-order valence-corrected chi connectivity index (χ1v) is 10.4. The lowest BCUT2D eigenvalue weighted by molar-refractivity contribution is 0.0600. The fourth-order valence-corrected chi connectivity index (χ4v) is 3.46. The van der Waals surface area contributed by atoms with Crippen molar-refractivity contribution >= 4 is 17.6 Å². The van der Waals surface area contributed by atoms with Crippen LogP contribution in [0.4, 0.5) is 5.69 Å². The summed E-state index contributed by atoms with van der Waals surface area (Å²) in [5, 5.41) is 7.56. The predicted molar refractivity (Wildman–Crippen MR) is 128 cm³/mol. The SMILES string of the molecule is COC(=O)c1ccc(NC(=O)c2cn(-c3ccccc3)nc2-c2ccc(OC)c(OC)c2)cc1. The van der Waals surface area contributed by atoms with Gasteiger partial charge in [-0.2, -0.15) is 5.10 Å². The lowest BCUT2D eigenvalue weighted by Crippen LogP contribution is -2.12. The summed E-state index contributed by atoms with van der Waals surface area (Å²) >= 11 is 0. The number of aromatic nitrogens is 2.